The summed E-state index contributed by atoms with van der Waals surface area (Å²) in [6.07, 6.45) is 0.774. The fraction of sp³-hybridized carbons (Fsp3) is 0.346. The van der Waals surface area contributed by atoms with Gasteiger partial charge in [-0.2, -0.15) is 5.10 Å². The zero-order valence-corrected chi connectivity index (χ0v) is 20.1. The highest BCUT2D eigenvalue weighted by Gasteiger charge is 2.24. The van der Waals surface area contributed by atoms with Crippen LogP contribution in [-0.2, 0) is 0 Å². The largest absolute Gasteiger partial charge is 0.484 e. The predicted molar refractivity (Wildman–Crippen MR) is 138 cm³/mol. The smallest absolute Gasteiger partial charge is 0.176 e. The molecule has 0 bridgehead atoms. The van der Waals surface area contributed by atoms with Crippen molar-refractivity contribution in [3.63, 3.8) is 0 Å². The number of nitrogens with zero attached hydrogens (tertiary/aromatic N) is 3. The maximum Gasteiger partial charge on any atom is 0.176 e. The van der Waals surface area contributed by atoms with Crippen molar-refractivity contribution in [1.82, 2.24) is 10.2 Å². The fourth-order valence-electron chi connectivity index (χ4n) is 3.75. The average molecular weight is 447 g/mol. The van der Waals surface area contributed by atoms with Crippen LogP contribution in [0.4, 0.5) is 5.69 Å². The first-order valence-electron chi connectivity index (χ1n) is 11.3. The van der Waals surface area contributed by atoms with Crippen molar-refractivity contribution >= 4 is 22.9 Å². The molecule has 33 heavy (non-hydrogen) atoms. The molecule has 1 atom stereocenters. The SMILES string of the molecule is CCNCCC(Oc1ccccc1N/C(C)=C1\C(=N)C(N(C)C)=NN=C1C)c1ccccc1. The maximum absolute atomic E-state index is 8.64. The topological polar surface area (TPSA) is 85.1 Å². The van der Waals surface area contributed by atoms with Gasteiger partial charge in [-0.25, -0.2) is 0 Å². The number of allylic oxidation sites excluding steroid dienone is 1. The summed E-state index contributed by atoms with van der Waals surface area (Å²) < 4.78 is 6.54. The first kappa shape index (κ1) is 24.2. The Bertz CT molecular complexity index is 1060. The van der Waals surface area contributed by atoms with Crippen LogP contribution in [0.1, 0.15) is 38.9 Å². The summed E-state index contributed by atoms with van der Waals surface area (Å²) in [5.74, 6) is 1.30. The normalized spacial score (nSPS) is 16.0. The van der Waals surface area contributed by atoms with E-state index in [4.69, 9.17) is 10.1 Å². The van der Waals surface area contributed by atoms with Gasteiger partial charge in [-0.15, -0.1) is 5.10 Å². The second kappa shape index (κ2) is 11.4. The Morgan fingerprint density at radius 1 is 1.06 bits per heavy atom. The molecule has 7 heteroatoms. The predicted octanol–water partition coefficient (Wildman–Crippen LogP) is 4.86. The van der Waals surface area contributed by atoms with Crippen molar-refractivity contribution in [2.75, 3.05) is 32.5 Å². The molecule has 2 aromatic rings. The van der Waals surface area contributed by atoms with Crippen LogP contribution in [0.15, 0.2) is 76.1 Å². The van der Waals surface area contributed by atoms with Gasteiger partial charge in [-0.05, 0) is 44.6 Å². The van der Waals surface area contributed by atoms with Gasteiger partial charge in [0.1, 0.15) is 17.6 Å². The molecule has 0 saturated carbocycles. The van der Waals surface area contributed by atoms with Gasteiger partial charge in [0.05, 0.1) is 11.4 Å². The van der Waals surface area contributed by atoms with Crippen molar-refractivity contribution < 1.29 is 4.74 Å². The van der Waals surface area contributed by atoms with Crippen molar-refractivity contribution in [2.45, 2.75) is 33.3 Å². The van der Waals surface area contributed by atoms with E-state index in [0.717, 1.165) is 47.8 Å². The van der Waals surface area contributed by atoms with E-state index >= 15 is 0 Å². The highest BCUT2D eigenvalue weighted by atomic mass is 16.5. The van der Waals surface area contributed by atoms with Crippen molar-refractivity contribution in [2.24, 2.45) is 10.2 Å². The molecule has 1 heterocycles. The maximum atomic E-state index is 8.64. The van der Waals surface area contributed by atoms with Crippen LogP contribution in [0.5, 0.6) is 5.75 Å². The van der Waals surface area contributed by atoms with Gasteiger partial charge in [0, 0.05) is 31.8 Å². The number of ether oxygens (including phenoxy) is 1. The van der Waals surface area contributed by atoms with Gasteiger partial charge in [0.15, 0.2) is 5.84 Å². The molecule has 0 fully saturated rings. The van der Waals surface area contributed by atoms with Crippen LogP contribution in [0.25, 0.3) is 0 Å². The molecule has 1 aliphatic heterocycles. The van der Waals surface area contributed by atoms with Crippen LogP contribution in [0, 0.1) is 5.41 Å². The summed E-state index contributed by atoms with van der Waals surface area (Å²) in [6, 6.07) is 18.2. The standard InChI is InChI=1S/C26H34N6O/c1-6-28-17-16-22(20-12-8-7-9-13-20)33-23-15-11-10-14-21(23)29-18(2)24-19(3)30-31-26(25(24)27)32(4)5/h7-15,22,27-29H,6,16-17H2,1-5H3/b24-18-,27-25?. The third-order valence-electron chi connectivity index (χ3n) is 5.41. The summed E-state index contributed by atoms with van der Waals surface area (Å²) in [7, 11) is 3.73. The quantitative estimate of drug-likeness (QED) is 0.480. The van der Waals surface area contributed by atoms with E-state index in [9.17, 15) is 0 Å². The minimum atomic E-state index is -0.0788. The van der Waals surface area contributed by atoms with Gasteiger partial charge in [-0.3, -0.25) is 5.41 Å². The number of para-hydroxylation sites is 2. The molecular weight excluding hydrogens is 412 g/mol. The lowest BCUT2D eigenvalue weighted by atomic mass is 10.0. The Balaban J connectivity index is 1.88. The number of nitrogens with one attached hydrogen (secondary N) is 3. The highest BCUT2D eigenvalue weighted by Crippen LogP contribution is 2.32. The first-order valence-corrected chi connectivity index (χ1v) is 11.3. The zero-order valence-electron chi connectivity index (χ0n) is 20.1. The molecular formula is C26H34N6O. The minimum Gasteiger partial charge on any atom is -0.484 e. The number of amidine groups is 1. The minimum absolute atomic E-state index is 0.0788. The second-order valence-corrected chi connectivity index (χ2v) is 8.16. The third kappa shape index (κ3) is 6.08. The molecule has 3 N–H and O–H groups in total. The van der Waals surface area contributed by atoms with Crippen LogP contribution in [-0.4, -0.2) is 49.3 Å². The van der Waals surface area contributed by atoms with Crippen molar-refractivity contribution in [1.29, 1.82) is 5.41 Å². The Kier molecular flexibility index (Phi) is 8.38. The number of rotatable bonds is 9. The van der Waals surface area contributed by atoms with Gasteiger partial charge in [-0.1, -0.05) is 49.4 Å². The molecule has 0 spiro atoms. The molecule has 1 aliphatic rings. The fourth-order valence-corrected chi connectivity index (χ4v) is 3.75. The van der Waals surface area contributed by atoms with Gasteiger partial charge in [0.25, 0.3) is 0 Å². The van der Waals surface area contributed by atoms with E-state index in [2.05, 4.69) is 39.9 Å². The second-order valence-electron chi connectivity index (χ2n) is 8.16. The third-order valence-corrected chi connectivity index (χ3v) is 5.41. The molecule has 0 saturated heterocycles. The van der Waals surface area contributed by atoms with Crippen LogP contribution in [0.3, 0.4) is 0 Å². The molecule has 0 radical (unpaired) electrons. The molecule has 174 valence electrons. The van der Waals surface area contributed by atoms with Crippen molar-refractivity contribution in [3.8, 4) is 5.75 Å². The molecule has 3 rings (SSSR count). The van der Waals surface area contributed by atoms with E-state index in [0.29, 0.717) is 17.3 Å². The summed E-state index contributed by atoms with van der Waals surface area (Å²) in [5, 5.41) is 23.9. The summed E-state index contributed by atoms with van der Waals surface area (Å²) in [4.78, 5) is 1.80. The molecule has 7 nitrogen and oxygen atoms in total. The molecule has 0 amide bonds. The lowest BCUT2D eigenvalue weighted by molar-refractivity contribution is 0.195. The average Bonchev–Trinajstić information content (AvgIpc) is 2.80. The number of hydrogen-bond acceptors (Lipinski definition) is 7. The lowest BCUT2D eigenvalue weighted by Crippen LogP contribution is -2.35. The Morgan fingerprint density at radius 2 is 1.76 bits per heavy atom. The van der Waals surface area contributed by atoms with Crippen LogP contribution >= 0.6 is 0 Å². The van der Waals surface area contributed by atoms with Crippen molar-refractivity contribution in [3.05, 3.63) is 71.4 Å². The number of hydrogen-bond donors (Lipinski definition) is 3. The van der Waals surface area contributed by atoms with E-state index in [1.807, 2.05) is 70.4 Å². The number of benzene rings is 2. The van der Waals surface area contributed by atoms with E-state index < -0.39 is 0 Å². The zero-order chi connectivity index (χ0) is 23.8. The van der Waals surface area contributed by atoms with Gasteiger partial charge < -0.3 is 20.3 Å². The van der Waals surface area contributed by atoms with Crippen LogP contribution < -0.4 is 15.4 Å². The first-order chi connectivity index (χ1) is 15.9. The molecule has 0 aliphatic carbocycles. The molecule has 2 aromatic carbocycles. The highest BCUT2D eigenvalue weighted by molar-refractivity contribution is 6.53. The van der Waals surface area contributed by atoms with Crippen LogP contribution in [0.2, 0.25) is 0 Å². The Labute approximate surface area is 196 Å². The van der Waals surface area contributed by atoms with Gasteiger partial charge >= 0.3 is 0 Å². The van der Waals surface area contributed by atoms with E-state index in [-0.39, 0.29) is 6.10 Å². The summed E-state index contributed by atoms with van der Waals surface area (Å²) >= 11 is 0. The summed E-state index contributed by atoms with van der Waals surface area (Å²) in [5.41, 5.74) is 4.63. The van der Waals surface area contributed by atoms with E-state index in [1.165, 1.54) is 0 Å². The lowest BCUT2D eigenvalue weighted by Gasteiger charge is -2.24. The van der Waals surface area contributed by atoms with E-state index in [1.54, 1.807) is 4.90 Å². The molecule has 0 aromatic heterocycles. The monoisotopic (exact) mass is 446 g/mol. The Morgan fingerprint density at radius 3 is 2.45 bits per heavy atom. The number of anilines is 1. The summed E-state index contributed by atoms with van der Waals surface area (Å²) in [6.45, 7) is 7.73. The molecule has 1 unspecified atom stereocenters. The van der Waals surface area contributed by atoms with Gasteiger partial charge in [0.2, 0.25) is 0 Å². The Hall–Kier alpha value is -3.45.